The third-order valence-corrected chi connectivity index (χ3v) is 3.64. The molecule has 2 aromatic carbocycles. The fourth-order valence-electron chi connectivity index (χ4n) is 2.33. The van der Waals surface area contributed by atoms with Gasteiger partial charge in [-0.2, -0.15) is 0 Å². The average Bonchev–Trinajstić information content (AvgIpc) is 2.37. The molecular weight excluding hydrogens is 226 g/mol. The number of nitrogens with two attached hydrogens (primary N) is 1. The molecule has 0 aromatic heterocycles. The zero-order valence-corrected chi connectivity index (χ0v) is 10.1. The molecular formula is C15H15NO2. The topological polar surface area (TPSA) is 52.3 Å². The molecule has 1 fully saturated rings. The predicted octanol–water partition coefficient (Wildman–Crippen LogP) is 2.00. The molecule has 0 radical (unpaired) electrons. The van der Waals surface area contributed by atoms with E-state index in [9.17, 15) is 4.79 Å². The fourth-order valence-corrected chi connectivity index (χ4v) is 2.33. The number of carbonyl (C=O) groups is 1. The van der Waals surface area contributed by atoms with Crippen LogP contribution < -0.4 is 5.73 Å². The normalized spacial score (nSPS) is 17.4. The van der Waals surface area contributed by atoms with Crippen LogP contribution in [0, 0.1) is 5.41 Å². The van der Waals surface area contributed by atoms with Gasteiger partial charge >= 0.3 is 0 Å². The Hall–Kier alpha value is -1.71. The Bertz CT molecular complexity index is 597. The van der Waals surface area contributed by atoms with Gasteiger partial charge in [-0.15, -0.1) is 0 Å². The summed E-state index contributed by atoms with van der Waals surface area (Å²) < 4.78 is 5.16. The summed E-state index contributed by atoms with van der Waals surface area (Å²) in [6, 6.07) is 13.8. The van der Waals surface area contributed by atoms with E-state index in [0.29, 0.717) is 19.8 Å². The maximum Gasteiger partial charge on any atom is 0.174 e. The van der Waals surface area contributed by atoms with Gasteiger partial charge in [0.1, 0.15) is 0 Å². The van der Waals surface area contributed by atoms with Crippen molar-refractivity contribution in [3.63, 3.8) is 0 Å². The van der Waals surface area contributed by atoms with Crippen LogP contribution in [-0.4, -0.2) is 25.5 Å². The van der Waals surface area contributed by atoms with Gasteiger partial charge in [0.2, 0.25) is 0 Å². The Kier molecular flexibility index (Phi) is 2.65. The molecule has 0 atom stereocenters. The average molecular weight is 241 g/mol. The van der Waals surface area contributed by atoms with Crippen LogP contribution in [0.1, 0.15) is 10.4 Å². The van der Waals surface area contributed by atoms with Crippen molar-refractivity contribution in [2.45, 2.75) is 0 Å². The van der Waals surface area contributed by atoms with E-state index in [2.05, 4.69) is 0 Å². The SMILES string of the molecule is NCC1(C(=O)c2ccc3ccccc3c2)COC1. The van der Waals surface area contributed by atoms with Crippen molar-refractivity contribution in [1.82, 2.24) is 0 Å². The molecule has 3 rings (SSSR count). The van der Waals surface area contributed by atoms with E-state index >= 15 is 0 Å². The van der Waals surface area contributed by atoms with Crippen LogP contribution in [0.25, 0.3) is 10.8 Å². The molecule has 0 bridgehead atoms. The predicted molar refractivity (Wildman–Crippen MR) is 70.6 cm³/mol. The van der Waals surface area contributed by atoms with Gasteiger partial charge in [0, 0.05) is 12.1 Å². The van der Waals surface area contributed by atoms with Gasteiger partial charge in [0.05, 0.1) is 18.6 Å². The first kappa shape index (κ1) is 11.4. The molecule has 0 saturated carbocycles. The molecule has 18 heavy (non-hydrogen) atoms. The van der Waals surface area contributed by atoms with Crippen LogP contribution in [0.2, 0.25) is 0 Å². The highest BCUT2D eigenvalue weighted by Gasteiger charge is 2.44. The fraction of sp³-hybridized carbons (Fsp3) is 0.267. The second kappa shape index (κ2) is 4.19. The lowest BCUT2D eigenvalue weighted by molar-refractivity contribution is -0.0816. The summed E-state index contributed by atoms with van der Waals surface area (Å²) in [4.78, 5) is 12.5. The smallest absolute Gasteiger partial charge is 0.174 e. The van der Waals surface area contributed by atoms with E-state index in [1.54, 1.807) is 0 Å². The number of fused-ring (bicyclic) bond motifs is 1. The monoisotopic (exact) mass is 241 g/mol. The van der Waals surface area contributed by atoms with Crippen molar-refractivity contribution in [2.24, 2.45) is 11.1 Å². The van der Waals surface area contributed by atoms with Crippen molar-refractivity contribution in [3.8, 4) is 0 Å². The number of Topliss-reactive ketones (excluding diaryl/α,β-unsaturated/α-hetero) is 1. The van der Waals surface area contributed by atoms with E-state index in [1.165, 1.54) is 0 Å². The molecule has 0 unspecified atom stereocenters. The Balaban J connectivity index is 2.01. The maximum absolute atomic E-state index is 12.5. The number of ether oxygens (including phenoxy) is 1. The van der Waals surface area contributed by atoms with Crippen LogP contribution in [0.3, 0.4) is 0 Å². The second-order valence-corrected chi connectivity index (χ2v) is 4.87. The quantitative estimate of drug-likeness (QED) is 0.836. The zero-order valence-electron chi connectivity index (χ0n) is 10.1. The van der Waals surface area contributed by atoms with Crippen molar-refractivity contribution < 1.29 is 9.53 Å². The molecule has 2 aromatic rings. The number of ketones is 1. The molecule has 3 heteroatoms. The lowest BCUT2D eigenvalue weighted by Gasteiger charge is -2.38. The summed E-state index contributed by atoms with van der Waals surface area (Å²) in [5.41, 5.74) is 5.95. The number of carbonyl (C=O) groups excluding carboxylic acids is 1. The van der Waals surface area contributed by atoms with Gasteiger partial charge in [-0.05, 0) is 16.8 Å². The van der Waals surface area contributed by atoms with Gasteiger partial charge in [0.25, 0.3) is 0 Å². The molecule has 1 saturated heterocycles. The summed E-state index contributed by atoms with van der Waals surface area (Å²) in [7, 11) is 0. The number of hydrogen-bond donors (Lipinski definition) is 1. The molecule has 1 aliphatic rings. The molecule has 0 aliphatic carbocycles. The van der Waals surface area contributed by atoms with Crippen LogP contribution >= 0.6 is 0 Å². The number of benzene rings is 2. The van der Waals surface area contributed by atoms with Gasteiger partial charge < -0.3 is 10.5 Å². The van der Waals surface area contributed by atoms with Crippen molar-refractivity contribution >= 4 is 16.6 Å². The van der Waals surface area contributed by atoms with Crippen molar-refractivity contribution in [2.75, 3.05) is 19.8 Å². The van der Waals surface area contributed by atoms with E-state index in [0.717, 1.165) is 16.3 Å². The van der Waals surface area contributed by atoms with Crippen LogP contribution in [0.5, 0.6) is 0 Å². The number of rotatable bonds is 3. The zero-order chi connectivity index (χ0) is 12.6. The standard InChI is InChI=1S/C15H15NO2/c16-8-15(9-18-10-15)14(17)13-6-5-11-3-1-2-4-12(11)7-13/h1-7H,8-10,16H2. The Morgan fingerprint density at radius 1 is 1.17 bits per heavy atom. The Morgan fingerprint density at radius 2 is 1.89 bits per heavy atom. The minimum Gasteiger partial charge on any atom is -0.379 e. The van der Waals surface area contributed by atoms with Crippen LogP contribution in [0.15, 0.2) is 42.5 Å². The summed E-state index contributed by atoms with van der Waals surface area (Å²) in [6.45, 7) is 1.23. The lowest BCUT2D eigenvalue weighted by atomic mass is 9.78. The highest BCUT2D eigenvalue weighted by Crippen LogP contribution is 2.31. The minimum absolute atomic E-state index is 0.0991. The third-order valence-electron chi connectivity index (χ3n) is 3.64. The van der Waals surface area contributed by atoms with Gasteiger partial charge in [0.15, 0.2) is 5.78 Å². The summed E-state index contributed by atoms with van der Waals surface area (Å²) in [5, 5.41) is 2.22. The molecule has 92 valence electrons. The Morgan fingerprint density at radius 3 is 2.50 bits per heavy atom. The Labute approximate surface area is 106 Å². The van der Waals surface area contributed by atoms with E-state index < -0.39 is 5.41 Å². The first-order valence-electron chi connectivity index (χ1n) is 6.07. The summed E-state index contributed by atoms with van der Waals surface area (Å²) in [6.07, 6.45) is 0. The molecule has 2 N–H and O–H groups in total. The van der Waals surface area contributed by atoms with Gasteiger partial charge in [-0.1, -0.05) is 36.4 Å². The molecule has 3 nitrogen and oxygen atoms in total. The summed E-state index contributed by atoms with van der Waals surface area (Å²) >= 11 is 0. The van der Waals surface area contributed by atoms with Crippen LogP contribution in [0.4, 0.5) is 0 Å². The van der Waals surface area contributed by atoms with E-state index in [1.807, 2.05) is 42.5 Å². The molecule has 0 spiro atoms. The highest BCUT2D eigenvalue weighted by molar-refractivity contribution is 6.04. The van der Waals surface area contributed by atoms with E-state index in [-0.39, 0.29) is 5.78 Å². The third kappa shape index (κ3) is 1.64. The molecule has 1 aliphatic heterocycles. The maximum atomic E-state index is 12.5. The lowest BCUT2D eigenvalue weighted by Crippen LogP contribution is -2.54. The van der Waals surface area contributed by atoms with Crippen molar-refractivity contribution in [3.05, 3.63) is 48.0 Å². The van der Waals surface area contributed by atoms with Gasteiger partial charge in [-0.25, -0.2) is 0 Å². The second-order valence-electron chi connectivity index (χ2n) is 4.87. The van der Waals surface area contributed by atoms with Gasteiger partial charge in [-0.3, -0.25) is 4.79 Å². The first-order chi connectivity index (χ1) is 8.75. The van der Waals surface area contributed by atoms with Crippen LogP contribution in [-0.2, 0) is 4.74 Å². The summed E-state index contributed by atoms with van der Waals surface area (Å²) in [5.74, 6) is 0.0991. The highest BCUT2D eigenvalue weighted by atomic mass is 16.5. The first-order valence-corrected chi connectivity index (χ1v) is 6.07. The van der Waals surface area contributed by atoms with E-state index in [4.69, 9.17) is 10.5 Å². The largest absolute Gasteiger partial charge is 0.379 e. The number of hydrogen-bond acceptors (Lipinski definition) is 3. The minimum atomic E-state index is -0.498. The molecule has 0 amide bonds. The molecule has 1 heterocycles. The van der Waals surface area contributed by atoms with Crippen molar-refractivity contribution in [1.29, 1.82) is 0 Å².